The second-order valence-corrected chi connectivity index (χ2v) is 8.10. The standard InChI is InChI=1S/C22H26F2N2O5/c1-11-17(13-5-6-14(23)18(24)19(13)30-4)20(31-22(11,2)3)21(29)26-12-7-8-25-15(9-12)16(28)10-27/h5-9,11,16-17,20,27-28H,10H2,1-4H3,(H,25,26,29)/t11-,16+,17-,20+/m1/s1. The van der Waals surface area contributed by atoms with Gasteiger partial charge >= 0.3 is 0 Å². The van der Waals surface area contributed by atoms with Gasteiger partial charge in [-0.05, 0) is 38.0 Å². The third-order valence-electron chi connectivity index (χ3n) is 5.86. The summed E-state index contributed by atoms with van der Waals surface area (Å²) in [6.45, 7) is 5.01. The van der Waals surface area contributed by atoms with Crippen LogP contribution < -0.4 is 10.1 Å². The lowest BCUT2D eigenvalue weighted by Gasteiger charge is -2.25. The summed E-state index contributed by atoms with van der Waals surface area (Å²) >= 11 is 0. The first-order valence-corrected chi connectivity index (χ1v) is 9.86. The Morgan fingerprint density at radius 3 is 2.71 bits per heavy atom. The molecule has 9 heteroatoms. The van der Waals surface area contributed by atoms with Gasteiger partial charge in [-0.25, -0.2) is 4.39 Å². The fourth-order valence-electron chi connectivity index (χ4n) is 3.88. The molecule has 0 radical (unpaired) electrons. The van der Waals surface area contributed by atoms with Crippen molar-refractivity contribution in [2.24, 2.45) is 5.92 Å². The number of hydrogen-bond donors (Lipinski definition) is 3. The fourth-order valence-corrected chi connectivity index (χ4v) is 3.88. The lowest BCUT2D eigenvalue weighted by Crippen LogP contribution is -2.33. The van der Waals surface area contributed by atoms with Crippen LogP contribution in [-0.2, 0) is 9.53 Å². The van der Waals surface area contributed by atoms with E-state index in [1.54, 1.807) is 0 Å². The van der Waals surface area contributed by atoms with Crippen LogP contribution >= 0.6 is 0 Å². The van der Waals surface area contributed by atoms with E-state index in [9.17, 15) is 18.7 Å². The molecule has 1 amide bonds. The number of rotatable bonds is 6. The van der Waals surface area contributed by atoms with Gasteiger partial charge in [0.15, 0.2) is 11.6 Å². The molecule has 4 atom stereocenters. The van der Waals surface area contributed by atoms with Crippen LogP contribution in [0.15, 0.2) is 30.5 Å². The zero-order valence-corrected chi connectivity index (χ0v) is 17.7. The SMILES string of the molecule is COc1c([C@@H]2[C@@H](C(=O)Nc3ccnc([C@@H](O)CO)c3)OC(C)(C)[C@@H]2C)ccc(F)c1F. The highest BCUT2D eigenvalue weighted by atomic mass is 19.2. The summed E-state index contributed by atoms with van der Waals surface area (Å²) in [4.78, 5) is 17.1. The Kier molecular flexibility index (Phi) is 6.59. The van der Waals surface area contributed by atoms with E-state index >= 15 is 0 Å². The third kappa shape index (κ3) is 4.39. The number of aromatic nitrogens is 1. The number of carbonyl (C=O) groups is 1. The maximum absolute atomic E-state index is 14.4. The number of ether oxygens (including phenoxy) is 2. The van der Waals surface area contributed by atoms with Crippen molar-refractivity contribution in [2.75, 3.05) is 19.0 Å². The molecule has 1 aromatic heterocycles. The van der Waals surface area contributed by atoms with Crippen molar-refractivity contribution in [3.63, 3.8) is 0 Å². The van der Waals surface area contributed by atoms with Gasteiger partial charge in [0.25, 0.3) is 5.91 Å². The number of anilines is 1. The number of amides is 1. The van der Waals surface area contributed by atoms with Gasteiger partial charge in [-0.2, -0.15) is 4.39 Å². The molecule has 0 unspecified atom stereocenters. The topological polar surface area (TPSA) is 101 Å². The molecular weight excluding hydrogens is 410 g/mol. The largest absolute Gasteiger partial charge is 0.493 e. The summed E-state index contributed by atoms with van der Waals surface area (Å²) in [6, 6.07) is 5.38. The average molecular weight is 436 g/mol. The second kappa shape index (κ2) is 8.86. The first-order valence-electron chi connectivity index (χ1n) is 9.86. The van der Waals surface area contributed by atoms with Crippen LogP contribution in [-0.4, -0.2) is 46.5 Å². The van der Waals surface area contributed by atoms with Crippen LogP contribution in [0.4, 0.5) is 14.5 Å². The molecule has 7 nitrogen and oxygen atoms in total. The number of hydrogen-bond acceptors (Lipinski definition) is 6. The summed E-state index contributed by atoms with van der Waals surface area (Å²) in [5.74, 6) is -3.75. The first-order chi connectivity index (χ1) is 14.6. The van der Waals surface area contributed by atoms with Crippen LogP contribution in [0.1, 0.15) is 44.1 Å². The molecule has 0 saturated carbocycles. The normalized spacial score (nSPS) is 23.4. The Morgan fingerprint density at radius 1 is 1.35 bits per heavy atom. The van der Waals surface area contributed by atoms with Gasteiger partial charge < -0.3 is 25.0 Å². The Labute approximate surface area is 179 Å². The van der Waals surface area contributed by atoms with Crippen molar-refractivity contribution in [2.45, 2.75) is 44.5 Å². The average Bonchev–Trinajstić information content (AvgIpc) is 2.99. The number of methoxy groups -OCH3 is 1. The van der Waals surface area contributed by atoms with E-state index in [1.165, 1.54) is 31.5 Å². The van der Waals surface area contributed by atoms with Gasteiger partial charge in [-0.15, -0.1) is 0 Å². The fraction of sp³-hybridized carbons (Fsp3) is 0.455. The molecule has 1 saturated heterocycles. The minimum Gasteiger partial charge on any atom is -0.493 e. The van der Waals surface area contributed by atoms with E-state index in [4.69, 9.17) is 14.6 Å². The quantitative estimate of drug-likeness (QED) is 0.644. The molecule has 3 rings (SSSR count). The van der Waals surface area contributed by atoms with Crippen LogP contribution in [0.2, 0.25) is 0 Å². The molecule has 1 fully saturated rings. The van der Waals surface area contributed by atoms with E-state index in [1.807, 2.05) is 20.8 Å². The number of aliphatic hydroxyl groups is 2. The monoisotopic (exact) mass is 436 g/mol. The third-order valence-corrected chi connectivity index (χ3v) is 5.86. The van der Waals surface area contributed by atoms with Gasteiger partial charge in [0, 0.05) is 23.4 Å². The zero-order chi connectivity index (χ0) is 22.9. The molecule has 0 bridgehead atoms. The van der Waals surface area contributed by atoms with E-state index in [-0.39, 0.29) is 17.4 Å². The number of nitrogens with one attached hydrogen (secondary N) is 1. The van der Waals surface area contributed by atoms with Crippen molar-refractivity contribution in [1.29, 1.82) is 0 Å². The molecule has 1 aliphatic heterocycles. The summed E-state index contributed by atoms with van der Waals surface area (Å²) in [7, 11) is 1.24. The Bertz CT molecular complexity index is 969. The van der Waals surface area contributed by atoms with E-state index in [0.717, 1.165) is 6.07 Å². The Hall–Kier alpha value is -2.62. The number of benzene rings is 1. The van der Waals surface area contributed by atoms with Crippen LogP contribution in [0.25, 0.3) is 0 Å². The summed E-state index contributed by atoms with van der Waals surface area (Å²) in [6.07, 6.45) is -0.803. The lowest BCUT2D eigenvalue weighted by molar-refractivity contribution is -0.131. The van der Waals surface area contributed by atoms with Crippen molar-refractivity contribution < 1.29 is 33.3 Å². The lowest BCUT2D eigenvalue weighted by atomic mass is 9.78. The van der Waals surface area contributed by atoms with Gasteiger partial charge in [-0.1, -0.05) is 13.0 Å². The molecule has 31 heavy (non-hydrogen) atoms. The van der Waals surface area contributed by atoms with Crippen molar-refractivity contribution in [3.05, 3.63) is 53.4 Å². The van der Waals surface area contributed by atoms with E-state index in [2.05, 4.69) is 10.3 Å². The minimum absolute atomic E-state index is 0.195. The Balaban J connectivity index is 1.96. The van der Waals surface area contributed by atoms with Crippen molar-refractivity contribution in [3.8, 4) is 5.75 Å². The molecule has 0 aliphatic carbocycles. The summed E-state index contributed by atoms with van der Waals surface area (Å²) < 4.78 is 39.3. The predicted octanol–water partition coefficient (Wildman–Crippen LogP) is 2.93. The molecule has 1 aromatic carbocycles. The maximum Gasteiger partial charge on any atom is 0.254 e. The molecule has 1 aliphatic rings. The van der Waals surface area contributed by atoms with E-state index in [0.29, 0.717) is 11.3 Å². The highest BCUT2D eigenvalue weighted by Crippen LogP contribution is 2.49. The van der Waals surface area contributed by atoms with Crippen molar-refractivity contribution in [1.82, 2.24) is 4.98 Å². The minimum atomic E-state index is -1.18. The van der Waals surface area contributed by atoms with E-state index < -0.39 is 47.9 Å². The number of halogens is 2. The number of carbonyl (C=O) groups excluding carboxylic acids is 1. The van der Waals surface area contributed by atoms with Gasteiger partial charge in [0.1, 0.15) is 12.2 Å². The second-order valence-electron chi connectivity index (χ2n) is 8.10. The molecule has 2 aromatic rings. The van der Waals surface area contributed by atoms with Gasteiger partial charge in [-0.3, -0.25) is 9.78 Å². The zero-order valence-electron chi connectivity index (χ0n) is 17.7. The van der Waals surface area contributed by atoms with Crippen LogP contribution in [0, 0.1) is 17.6 Å². The number of nitrogens with zero attached hydrogens (tertiary/aromatic N) is 1. The van der Waals surface area contributed by atoms with Crippen LogP contribution in [0.3, 0.4) is 0 Å². The molecule has 3 N–H and O–H groups in total. The van der Waals surface area contributed by atoms with Crippen molar-refractivity contribution >= 4 is 11.6 Å². The first kappa shape index (κ1) is 23.1. The number of aliphatic hydroxyl groups excluding tert-OH is 2. The Morgan fingerprint density at radius 2 is 2.06 bits per heavy atom. The highest BCUT2D eigenvalue weighted by Gasteiger charge is 2.51. The molecule has 0 spiro atoms. The van der Waals surface area contributed by atoms with Gasteiger partial charge in [0.2, 0.25) is 5.82 Å². The smallest absolute Gasteiger partial charge is 0.254 e. The van der Waals surface area contributed by atoms with Gasteiger partial charge in [0.05, 0.1) is 25.0 Å². The molecule has 2 heterocycles. The molecule has 168 valence electrons. The maximum atomic E-state index is 14.4. The number of pyridine rings is 1. The van der Waals surface area contributed by atoms with Crippen LogP contribution in [0.5, 0.6) is 5.75 Å². The predicted molar refractivity (Wildman–Crippen MR) is 109 cm³/mol. The molecular formula is C22H26F2N2O5. The highest BCUT2D eigenvalue weighted by molar-refractivity contribution is 5.95. The summed E-state index contributed by atoms with van der Waals surface area (Å²) in [5, 5.41) is 21.6. The summed E-state index contributed by atoms with van der Waals surface area (Å²) in [5.41, 5.74) is 0.157.